The predicted molar refractivity (Wildman–Crippen MR) is 74.3 cm³/mol. The zero-order valence-corrected chi connectivity index (χ0v) is 10.9. The van der Waals surface area contributed by atoms with E-state index in [1.807, 2.05) is 0 Å². The molecule has 2 nitrogen and oxygen atoms in total. The SMILES string of the molecule is CCCC(N)c1ccccc1N1CCCCC1. The molecule has 0 bridgehead atoms. The zero-order valence-electron chi connectivity index (χ0n) is 10.9. The zero-order chi connectivity index (χ0) is 12.1. The highest BCUT2D eigenvalue weighted by atomic mass is 15.1. The van der Waals surface area contributed by atoms with Crippen LogP contribution in [0.3, 0.4) is 0 Å². The number of anilines is 1. The van der Waals surface area contributed by atoms with Gasteiger partial charge >= 0.3 is 0 Å². The largest absolute Gasteiger partial charge is 0.371 e. The third-order valence-corrected chi connectivity index (χ3v) is 3.63. The molecule has 0 radical (unpaired) electrons. The fraction of sp³-hybridized carbons (Fsp3) is 0.600. The van der Waals surface area contributed by atoms with E-state index in [0.29, 0.717) is 0 Å². The summed E-state index contributed by atoms with van der Waals surface area (Å²) in [6.45, 7) is 4.58. The van der Waals surface area contributed by atoms with Gasteiger partial charge in [0.2, 0.25) is 0 Å². The number of benzene rings is 1. The number of hydrogen-bond acceptors (Lipinski definition) is 2. The Morgan fingerprint density at radius 3 is 2.59 bits per heavy atom. The van der Waals surface area contributed by atoms with Crippen LogP contribution in [0.25, 0.3) is 0 Å². The van der Waals surface area contributed by atoms with Crippen LogP contribution in [0.2, 0.25) is 0 Å². The molecule has 0 spiro atoms. The molecule has 0 saturated carbocycles. The molecule has 94 valence electrons. The van der Waals surface area contributed by atoms with E-state index >= 15 is 0 Å². The van der Waals surface area contributed by atoms with Crippen LogP contribution in [0.4, 0.5) is 5.69 Å². The molecule has 17 heavy (non-hydrogen) atoms. The highest BCUT2D eigenvalue weighted by Crippen LogP contribution is 2.29. The minimum atomic E-state index is 0.193. The second-order valence-electron chi connectivity index (χ2n) is 5.00. The van der Waals surface area contributed by atoms with Crippen molar-refractivity contribution in [3.05, 3.63) is 29.8 Å². The summed E-state index contributed by atoms with van der Waals surface area (Å²) in [6.07, 6.45) is 6.23. The van der Waals surface area contributed by atoms with E-state index in [0.717, 1.165) is 12.8 Å². The smallest absolute Gasteiger partial charge is 0.0414 e. The minimum absolute atomic E-state index is 0.193. The highest BCUT2D eigenvalue weighted by molar-refractivity contribution is 5.55. The van der Waals surface area contributed by atoms with Gasteiger partial charge in [0.05, 0.1) is 0 Å². The lowest BCUT2D eigenvalue weighted by molar-refractivity contribution is 0.570. The van der Waals surface area contributed by atoms with Gasteiger partial charge in [-0.15, -0.1) is 0 Å². The molecule has 1 unspecified atom stereocenters. The molecular formula is C15H24N2. The summed E-state index contributed by atoms with van der Waals surface area (Å²) in [4.78, 5) is 2.51. The van der Waals surface area contributed by atoms with Crippen molar-refractivity contribution in [2.45, 2.75) is 45.1 Å². The molecule has 1 fully saturated rings. The molecule has 1 aliphatic heterocycles. The summed E-state index contributed by atoms with van der Waals surface area (Å²) in [5.41, 5.74) is 8.98. The first-order valence-electron chi connectivity index (χ1n) is 6.92. The van der Waals surface area contributed by atoms with E-state index in [-0.39, 0.29) is 6.04 Å². The van der Waals surface area contributed by atoms with Crippen molar-refractivity contribution in [3.8, 4) is 0 Å². The number of hydrogen-bond donors (Lipinski definition) is 1. The van der Waals surface area contributed by atoms with Gasteiger partial charge in [-0.05, 0) is 37.3 Å². The summed E-state index contributed by atoms with van der Waals surface area (Å²) in [5, 5.41) is 0. The monoisotopic (exact) mass is 232 g/mol. The van der Waals surface area contributed by atoms with Gasteiger partial charge in [0.25, 0.3) is 0 Å². The van der Waals surface area contributed by atoms with Crippen LogP contribution >= 0.6 is 0 Å². The Morgan fingerprint density at radius 2 is 1.88 bits per heavy atom. The molecule has 0 amide bonds. The van der Waals surface area contributed by atoms with Gasteiger partial charge in [0, 0.05) is 24.8 Å². The molecule has 2 rings (SSSR count). The molecule has 1 aliphatic rings. The molecule has 2 heteroatoms. The average Bonchev–Trinajstić information content (AvgIpc) is 2.40. The molecule has 1 aromatic carbocycles. The Kier molecular flexibility index (Phi) is 4.43. The first-order valence-corrected chi connectivity index (χ1v) is 6.92. The van der Waals surface area contributed by atoms with E-state index in [1.54, 1.807) is 0 Å². The minimum Gasteiger partial charge on any atom is -0.371 e. The summed E-state index contributed by atoms with van der Waals surface area (Å²) < 4.78 is 0. The van der Waals surface area contributed by atoms with E-state index in [9.17, 15) is 0 Å². The van der Waals surface area contributed by atoms with Crippen molar-refractivity contribution < 1.29 is 0 Å². The van der Waals surface area contributed by atoms with E-state index < -0.39 is 0 Å². The maximum atomic E-state index is 6.29. The first kappa shape index (κ1) is 12.4. The molecule has 0 aromatic heterocycles. The van der Waals surface area contributed by atoms with Crippen molar-refractivity contribution in [1.29, 1.82) is 0 Å². The Morgan fingerprint density at radius 1 is 1.18 bits per heavy atom. The lowest BCUT2D eigenvalue weighted by Gasteiger charge is -2.31. The van der Waals surface area contributed by atoms with E-state index in [2.05, 4.69) is 36.1 Å². The van der Waals surface area contributed by atoms with Gasteiger partial charge in [-0.1, -0.05) is 31.5 Å². The van der Waals surface area contributed by atoms with E-state index in [4.69, 9.17) is 5.73 Å². The summed E-state index contributed by atoms with van der Waals surface area (Å²) in [7, 11) is 0. The quantitative estimate of drug-likeness (QED) is 0.861. The van der Waals surface area contributed by atoms with Gasteiger partial charge in [0.15, 0.2) is 0 Å². The van der Waals surface area contributed by atoms with Crippen LogP contribution in [0.1, 0.15) is 50.6 Å². The maximum Gasteiger partial charge on any atom is 0.0414 e. The molecule has 1 saturated heterocycles. The average molecular weight is 232 g/mol. The number of nitrogens with two attached hydrogens (primary N) is 1. The van der Waals surface area contributed by atoms with Gasteiger partial charge in [-0.3, -0.25) is 0 Å². The fourth-order valence-corrected chi connectivity index (χ4v) is 2.69. The van der Waals surface area contributed by atoms with Crippen molar-refractivity contribution in [1.82, 2.24) is 0 Å². The number of nitrogens with zero attached hydrogens (tertiary/aromatic N) is 1. The van der Waals surface area contributed by atoms with Crippen LogP contribution in [0, 0.1) is 0 Å². The first-order chi connectivity index (χ1) is 8.33. The molecule has 2 N–H and O–H groups in total. The molecular weight excluding hydrogens is 208 g/mol. The predicted octanol–water partition coefficient (Wildman–Crippen LogP) is 3.48. The topological polar surface area (TPSA) is 29.3 Å². The molecule has 1 aromatic rings. The van der Waals surface area contributed by atoms with Crippen LogP contribution < -0.4 is 10.6 Å². The van der Waals surface area contributed by atoms with Gasteiger partial charge in [0.1, 0.15) is 0 Å². The molecule has 1 atom stereocenters. The number of piperidine rings is 1. The molecule has 0 aliphatic carbocycles. The second-order valence-corrected chi connectivity index (χ2v) is 5.00. The van der Waals surface area contributed by atoms with Crippen molar-refractivity contribution in [2.24, 2.45) is 5.73 Å². The highest BCUT2D eigenvalue weighted by Gasteiger charge is 2.16. The summed E-state index contributed by atoms with van der Waals surface area (Å²) in [6, 6.07) is 8.86. The van der Waals surface area contributed by atoms with Crippen molar-refractivity contribution in [3.63, 3.8) is 0 Å². The third-order valence-electron chi connectivity index (χ3n) is 3.63. The maximum absolute atomic E-state index is 6.29. The number of rotatable bonds is 4. The third kappa shape index (κ3) is 3.01. The van der Waals surface area contributed by atoms with Gasteiger partial charge in [-0.25, -0.2) is 0 Å². The normalized spacial score (nSPS) is 18.1. The van der Waals surface area contributed by atoms with Gasteiger partial charge < -0.3 is 10.6 Å². The van der Waals surface area contributed by atoms with Crippen molar-refractivity contribution >= 4 is 5.69 Å². The van der Waals surface area contributed by atoms with Crippen LogP contribution in [-0.2, 0) is 0 Å². The van der Waals surface area contributed by atoms with Crippen LogP contribution in [-0.4, -0.2) is 13.1 Å². The lowest BCUT2D eigenvalue weighted by atomic mass is 9.99. The van der Waals surface area contributed by atoms with E-state index in [1.165, 1.54) is 43.6 Å². The Balaban J connectivity index is 2.19. The Labute approximate surface area is 105 Å². The fourth-order valence-electron chi connectivity index (χ4n) is 2.69. The van der Waals surface area contributed by atoms with Crippen LogP contribution in [0.5, 0.6) is 0 Å². The summed E-state index contributed by atoms with van der Waals surface area (Å²) in [5.74, 6) is 0. The Hall–Kier alpha value is -1.02. The molecule has 1 heterocycles. The second kappa shape index (κ2) is 6.06. The van der Waals surface area contributed by atoms with Gasteiger partial charge in [-0.2, -0.15) is 0 Å². The Bertz CT molecular complexity index is 343. The van der Waals surface area contributed by atoms with Crippen LogP contribution in [0.15, 0.2) is 24.3 Å². The number of para-hydroxylation sites is 1. The van der Waals surface area contributed by atoms with Crippen molar-refractivity contribution in [2.75, 3.05) is 18.0 Å². The lowest BCUT2D eigenvalue weighted by Crippen LogP contribution is -2.31. The standard InChI is InChI=1S/C15H24N2/c1-2-8-14(16)13-9-4-5-10-15(13)17-11-6-3-7-12-17/h4-5,9-10,14H,2-3,6-8,11-12,16H2,1H3. The summed E-state index contributed by atoms with van der Waals surface area (Å²) >= 11 is 0.